The van der Waals surface area contributed by atoms with E-state index in [0.717, 1.165) is 6.42 Å². The Morgan fingerprint density at radius 2 is 1.68 bits per heavy atom. The molecule has 1 saturated carbocycles. The van der Waals surface area contributed by atoms with Gasteiger partial charge in [0, 0.05) is 39.1 Å². The Hall–Kier alpha value is -1.79. The van der Waals surface area contributed by atoms with Gasteiger partial charge in [-0.25, -0.2) is 4.79 Å². The standard InChI is InChI=1S/C15H25N3O4/c1-17(2)15(22)18-7-5-10(6-8-18)13(19)16-12-4-3-11(9-12)14(20)21/h10-12H,3-9H2,1-2H3,(H,16,19)(H,20,21)/t11-,12+/m0/s1. The zero-order chi connectivity index (χ0) is 16.3. The van der Waals surface area contributed by atoms with Crippen molar-refractivity contribution in [1.29, 1.82) is 0 Å². The Balaban J connectivity index is 1.76. The fourth-order valence-corrected chi connectivity index (χ4v) is 3.27. The molecule has 22 heavy (non-hydrogen) atoms. The average Bonchev–Trinajstić information content (AvgIpc) is 2.95. The Bertz CT molecular complexity index is 444. The highest BCUT2D eigenvalue weighted by atomic mass is 16.4. The molecule has 1 aliphatic carbocycles. The van der Waals surface area contributed by atoms with E-state index >= 15 is 0 Å². The van der Waals surface area contributed by atoms with Crippen molar-refractivity contribution >= 4 is 17.9 Å². The van der Waals surface area contributed by atoms with Crippen LogP contribution in [0, 0.1) is 11.8 Å². The second-order valence-electron chi connectivity index (χ2n) is 6.49. The molecule has 2 fully saturated rings. The second-order valence-corrected chi connectivity index (χ2v) is 6.49. The molecule has 2 rings (SSSR count). The van der Waals surface area contributed by atoms with Crippen molar-refractivity contribution in [3.8, 4) is 0 Å². The number of hydrogen-bond acceptors (Lipinski definition) is 3. The van der Waals surface area contributed by atoms with Crippen molar-refractivity contribution in [2.24, 2.45) is 11.8 Å². The highest BCUT2D eigenvalue weighted by Crippen LogP contribution is 2.26. The zero-order valence-corrected chi connectivity index (χ0v) is 13.2. The van der Waals surface area contributed by atoms with Crippen LogP contribution in [-0.4, -0.2) is 66.0 Å². The van der Waals surface area contributed by atoms with Gasteiger partial charge in [-0.3, -0.25) is 9.59 Å². The number of rotatable bonds is 3. The molecule has 7 heteroatoms. The summed E-state index contributed by atoms with van der Waals surface area (Å²) in [6, 6.07) is -0.0333. The molecule has 0 radical (unpaired) electrons. The number of piperidine rings is 1. The van der Waals surface area contributed by atoms with E-state index in [1.807, 2.05) is 0 Å². The molecule has 7 nitrogen and oxygen atoms in total. The molecular weight excluding hydrogens is 286 g/mol. The van der Waals surface area contributed by atoms with Crippen molar-refractivity contribution < 1.29 is 19.5 Å². The summed E-state index contributed by atoms with van der Waals surface area (Å²) in [4.78, 5) is 38.4. The molecule has 1 saturated heterocycles. The summed E-state index contributed by atoms with van der Waals surface area (Å²) in [6.45, 7) is 1.19. The van der Waals surface area contributed by atoms with E-state index < -0.39 is 5.97 Å². The van der Waals surface area contributed by atoms with Crippen LogP contribution in [-0.2, 0) is 9.59 Å². The first-order valence-electron chi connectivity index (χ1n) is 7.88. The van der Waals surface area contributed by atoms with Crippen LogP contribution in [0.15, 0.2) is 0 Å². The lowest BCUT2D eigenvalue weighted by molar-refractivity contribution is -0.141. The predicted octanol–water partition coefficient (Wildman–Crippen LogP) is 0.750. The molecule has 0 aromatic heterocycles. The van der Waals surface area contributed by atoms with E-state index in [1.54, 1.807) is 23.9 Å². The third kappa shape index (κ3) is 3.90. The van der Waals surface area contributed by atoms with Gasteiger partial charge >= 0.3 is 12.0 Å². The first-order chi connectivity index (χ1) is 10.4. The maximum absolute atomic E-state index is 12.3. The maximum atomic E-state index is 12.3. The number of carboxylic acid groups (broad SMARTS) is 1. The van der Waals surface area contributed by atoms with E-state index in [2.05, 4.69) is 5.32 Å². The maximum Gasteiger partial charge on any atom is 0.319 e. The number of amides is 3. The van der Waals surface area contributed by atoms with Crippen LogP contribution in [0.4, 0.5) is 4.79 Å². The van der Waals surface area contributed by atoms with Crippen LogP contribution in [0.1, 0.15) is 32.1 Å². The zero-order valence-electron chi connectivity index (χ0n) is 13.2. The summed E-state index contributed by atoms with van der Waals surface area (Å²) in [6.07, 6.45) is 3.23. The van der Waals surface area contributed by atoms with Gasteiger partial charge in [0.05, 0.1) is 5.92 Å². The van der Waals surface area contributed by atoms with Crippen LogP contribution in [0.3, 0.4) is 0 Å². The molecule has 0 spiro atoms. The molecular formula is C15H25N3O4. The highest BCUT2D eigenvalue weighted by molar-refractivity contribution is 5.80. The lowest BCUT2D eigenvalue weighted by Crippen LogP contribution is -2.47. The van der Waals surface area contributed by atoms with Gasteiger partial charge in [-0.1, -0.05) is 0 Å². The van der Waals surface area contributed by atoms with E-state index in [9.17, 15) is 14.4 Å². The minimum atomic E-state index is -0.771. The average molecular weight is 311 g/mol. The van der Waals surface area contributed by atoms with Crippen LogP contribution in [0.5, 0.6) is 0 Å². The summed E-state index contributed by atoms with van der Waals surface area (Å²) in [5.74, 6) is -1.17. The van der Waals surface area contributed by atoms with Gasteiger partial charge in [0.25, 0.3) is 0 Å². The van der Waals surface area contributed by atoms with Gasteiger partial charge in [0.1, 0.15) is 0 Å². The van der Waals surface area contributed by atoms with Crippen LogP contribution >= 0.6 is 0 Å². The molecule has 1 heterocycles. The second kappa shape index (κ2) is 6.98. The Kier molecular flexibility index (Phi) is 5.26. The van der Waals surface area contributed by atoms with E-state index in [4.69, 9.17) is 5.11 Å². The molecule has 0 unspecified atom stereocenters. The van der Waals surface area contributed by atoms with Gasteiger partial charge in [-0.15, -0.1) is 0 Å². The fourth-order valence-electron chi connectivity index (χ4n) is 3.27. The van der Waals surface area contributed by atoms with Gasteiger partial charge in [-0.2, -0.15) is 0 Å². The lowest BCUT2D eigenvalue weighted by Gasteiger charge is -2.33. The summed E-state index contributed by atoms with van der Waals surface area (Å²) in [5, 5.41) is 12.0. The molecule has 2 N–H and O–H groups in total. The van der Waals surface area contributed by atoms with E-state index in [1.165, 1.54) is 0 Å². The number of carboxylic acids is 1. The van der Waals surface area contributed by atoms with Crippen molar-refractivity contribution in [2.45, 2.75) is 38.1 Å². The van der Waals surface area contributed by atoms with E-state index in [-0.39, 0.29) is 29.8 Å². The normalized spacial score (nSPS) is 25.8. The Morgan fingerprint density at radius 3 is 2.18 bits per heavy atom. The minimum Gasteiger partial charge on any atom is -0.481 e. The Labute approximate surface area is 130 Å². The summed E-state index contributed by atoms with van der Waals surface area (Å²) < 4.78 is 0. The number of likely N-dealkylation sites (tertiary alicyclic amines) is 1. The third-order valence-corrected chi connectivity index (χ3v) is 4.65. The van der Waals surface area contributed by atoms with Gasteiger partial charge < -0.3 is 20.2 Å². The minimum absolute atomic E-state index is 0.00740. The van der Waals surface area contributed by atoms with Gasteiger partial charge in [0.2, 0.25) is 5.91 Å². The molecule has 0 aromatic carbocycles. The van der Waals surface area contributed by atoms with Crippen LogP contribution in [0.25, 0.3) is 0 Å². The van der Waals surface area contributed by atoms with Crippen molar-refractivity contribution in [3.05, 3.63) is 0 Å². The Morgan fingerprint density at radius 1 is 1.05 bits per heavy atom. The predicted molar refractivity (Wildman–Crippen MR) is 80.3 cm³/mol. The quantitative estimate of drug-likeness (QED) is 0.805. The first-order valence-corrected chi connectivity index (χ1v) is 7.88. The topological polar surface area (TPSA) is 90.0 Å². The lowest BCUT2D eigenvalue weighted by atomic mass is 9.95. The molecule has 1 aliphatic heterocycles. The summed E-state index contributed by atoms with van der Waals surface area (Å²) >= 11 is 0. The highest BCUT2D eigenvalue weighted by Gasteiger charge is 2.33. The molecule has 2 aliphatic rings. The first kappa shape index (κ1) is 16.6. The smallest absolute Gasteiger partial charge is 0.319 e. The number of hydrogen-bond donors (Lipinski definition) is 2. The number of aliphatic carboxylic acids is 1. The molecule has 124 valence electrons. The van der Waals surface area contributed by atoms with Gasteiger partial charge in [0.15, 0.2) is 0 Å². The number of nitrogens with one attached hydrogen (secondary N) is 1. The van der Waals surface area contributed by atoms with Crippen molar-refractivity contribution in [3.63, 3.8) is 0 Å². The third-order valence-electron chi connectivity index (χ3n) is 4.65. The molecule has 0 aromatic rings. The largest absolute Gasteiger partial charge is 0.481 e. The van der Waals surface area contributed by atoms with Crippen molar-refractivity contribution in [1.82, 2.24) is 15.1 Å². The molecule has 2 atom stereocenters. The number of carbonyl (C=O) groups is 3. The number of carbonyl (C=O) groups excluding carboxylic acids is 2. The SMILES string of the molecule is CN(C)C(=O)N1CCC(C(=O)N[C@@H]2CC[C@H](C(=O)O)C2)CC1. The summed E-state index contributed by atoms with van der Waals surface area (Å²) in [5.41, 5.74) is 0. The molecule has 3 amide bonds. The van der Waals surface area contributed by atoms with E-state index in [0.29, 0.717) is 38.8 Å². The fraction of sp³-hybridized carbons (Fsp3) is 0.800. The monoisotopic (exact) mass is 311 g/mol. The number of nitrogens with zero attached hydrogens (tertiary/aromatic N) is 2. The molecule has 0 bridgehead atoms. The van der Waals surface area contributed by atoms with Crippen LogP contribution in [0.2, 0.25) is 0 Å². The van der Waals surface area contributed by atoms with Crippen molar-refractivity contribution in [2.75, 3.05) is 27.2 Å². The number of urea groups is 1. The summed E-state index contributed by atoms with van der Waals surface area (Å²) in [7, 11) is 3.44. The van der Waals surface area contributed by atoms with Gasteiger partial charge in [-0.05, 0) is 32.1 Å². The van der Waals surface area contributed by atoms with Crippen LogP contribution < -0.4 is 5.32 Å².